The first-order chi connectivity index (χ1) is 16.0. The summed E-state index contributed by atoms with van der Waals surface area (Å²) in [5.74, 6) is 0.173. The van der Waals surface area contributed by atoms with E-state index >= 15 is 0 Å². The van der Waals surface area contributed by atoms with Gasteiger partial charge in [0.2, 0.25) is 10.0 Å². The SMILES string of the molecule is COc1ccc(CC(=O)Oc2ccc(-c3ccccc3)cc2)cc1S(=O)(=O)N1CCOCC1. The van der Waals surface area contributed by atoms with Crippen LogP contribution >= 0.6 is 0 Å². The minimum Gasteiger partial charge on any atom is -0.495 e. The Bertz CT molecular complexity index is 1200. The number of hydrogen-bond donors (Lipinski definition) is 0. The van der Waals surface area contributed by atoms with Crippen LogP contribution in [0.25, 0.3) is 11.1 Å². The van der Waals surface area contributed by atoms with Crippen LogP contribution in [0.4, 0.5) is 0 Å². The number of nitrogens with zero attached hydrogens (tertiary/aromatic N) is 1. The summed E-state index contributed by atoms with van der Waals surface area (Å²) in [6.45, 7) is 1.24. The van der Waals surface area contributed by atoms with Crippen molar-refractivity contribution in [1.82, 2.24) is 4.31 Å². The molecule has 0 bridgehead atoms. The second-order valence-corrected chi connectivity index (χ2v) is 9.45. The molecule has 1 aliphatic rings. The Labute approximate surface area is 193 Å². The summed E-state index contributed by atoms with van der Waals surface area (Å²) < 4.78 is 43.6. The van der Waals surface area contributed by atoms with Crippen LogP contribution in [0.3, 0.4) is 0 Å². The van der Waals surface area contributed by atoms with E-state index in [1.807, 2.05) is 42.5 Å². The van der Waals surface area contributed by atoms with E-state index in [0.29, 0.717) is 24.5 Å². The second kappa shape index (κ2) is 10.2. The van der Waals surface area contributed by atoms with Crippen molar-refractivity contribution in [1.29, 1.82) is 0 Å². The number of morpholine rings is 1. The van der Waals surface area contributed by atoms with Gasteiger partial charge in [0.25, 0.3) is 0 Å². The van der Waals surface area contributed by atoms with Gasteiger partial charge in [0.05, 0.1) is 26.7 Å². The Morgan fingerprint density at radius 2 is 1.61 bits per heavy atom. The average molecular weight is 468 g/mol. The van der Waals surface area contributed by atoms with Crippen molar-refractivity contribution in [3.63, 3.8) is 0 Å². The second-order valence-electron chi connectivity index (χ2n) is 7.54. The first-order valence-electron chi connectivity index (χ1n) is 10.6. The summed E-state index contributed by atoms with van der Waals surface area (Å²) in [5, 5.41) is 0. The first-order valence-corrected chi connectivity index (χ1v) is 12.0. The molecule has 3 aromatic rings. The fourth-order valence-corrected chi connectivity index (χ4v) is 5.25. The van der Waals surface area contributed by atoms with Crippen LogP contribution in [0, 0.1) is 0 Å². The van der Waals surface area contributed by atoms with Gasteiger partial charge in [-0.05, 0) is 41.0 Å². The highest BCUT2D eigenvalue weighted by atomic mass is 32.2. The quantitative estimate of drug-likeness (QED) is 0.391. The molecule has 0 spiro atoms. The van der Waals surface area contributed by atoms with Crippen molar-refractivity contribution in [2.45, 2.75) is 11.3 Å². The molecule has 4 rings (SSSR count). The van der Waals surface area contributed by atoms with Gasteiger partial charge < -0.3 is 14.2 Å². The average Bonchev–Trinajstić information content (AvgIpc) is 2.85. The molecule has 1 fully saturated rings. The van der Waals surface area contributed by atoms with Gasteiger partial charge >= 0.3 is 5.97 Å². The van der Waals surface area contributed by atoms with E-state index < -0.39 is 16.0 Å². The van der Waals surface area contributed by atoms with Crippen LogP contribution in [0.5, 0.6) is 11.5 Å². The summed E-state index contributed by atoms with van der Waals surface area (Å²) in [7, 11) is -2.36. The van der Waals surface area contributed by atoms with E-state index in [-0.39, 0.29) is 30.2 Å². The number of benzene rings is 3. The smallest absolute Gasteiger partial charge is 0.315 e. The Morgan fingerprint density at radius 3 is 2.27 bits per heavy atom. The lowest BCUT2D eigenvalue weighted by molar-refractivity contribution is -0.133. The fourth-order valence-electron chi connectivity index (χ4n) is 3.64. The maximum absolute atomic E-state index is 13.1. The predicted octanol–water partition coefficient (Wildman–Crippen LogP) is 3.53. The van der Waals surface area contributed by atoms with Crippen molar-refractivity contribution >= 4 is 16.0 Å². The Morgan fingerprint density at radius 1 is 0.939 bits per heavy atom. The Kier molecular flexibility index (Phi) is 7.08. The zero-order valence-electron chi connectivity index (χ0n) is 18.3. The Hall–Kier alpha value is -3.20. The molecule has 0 aliphatic carbocycles. The molecule has 0 amide bonds. The lowest BCUT2D eigenvalue weighted by atomic mass is 10.1. The molecule has 0 aromatic heterocycles. The van der Waals surface area contributed by atoms with Gasteiger partial charge in [-0.25, -0.2) is 8.42 Å². The number of rotatable bonds is 7. The molecule has 0 N–H and O–H groups in total. The zero-order chi connectivity index (χ0) is 23.3. The Balaban J connectivity index is 1.47. The maximum Gasteiger partial charge on any atom is 0.315 e. The molecular formula is C25H25NO6S. The number of esters is 1. The number of methoxy groups -OCH3 is 1. The third-order valence-corrected chi connectivity index (χ3v) is 7.28. The van der Waals surface area contributed by atoms with Crippen molar-refractivity contribution in [2.75, 3.05) is 33.4 Å². The van der Waals surface area contributed by atoms with Crippen molar-refractivity contribution in [2.24, 2.45) is 0 Å². The summed E-state index contributed by atoms with van der Waals surface area (Å²) in [5.41, 5.74) is 2.61. The third-order valence-electron chi connectivity index (χ3n) is 5.36. The van der Waals surface area contributed by atoms with Gasteiger partial charge in [-0.3, -0.25) is 4.79 Å². The van der Waals surface area contributed by atoms with Crippen LogP contribution in [0.15, 0.2) is 77.7 Å². The van der Waals surface area contributed by atoms with Gasteiger partial charge in [0, 0.05) is 13.1 Å². The summed E-state index contributed by atoms with van der Waals surface area (Å²) in [6, 6.07) is 21.8. The predicted molar refractivity (Wildman–Crippen MR) is 124 cm³/mol. The van der Waals surface area contributed by atoms with E-state index in [0.717, 1.165) is 11.1 Å². The molecule has 8 heteroatoms. The standard InChI is InChI=1S/C25H25NO6S/c1-30-23-12-7-19(17-24(23)33(28,29)26-13-15-31-16-14-26)18-25(27)32-22-10-8-21(9-11-22)20-5-3-2-4-6-20/h2-12,17H,13-16,18H2,1H3. The molecule has 3 aromatic carbocycles. The molecular weight excluding hydrogens is 442 g/mol. The van der Waals surface area contributed by atoms with E-state index in [1.165, 1.54) is 17.5 Å². The lowest BCUT2D eigenvalue weighted by Gasteiger charge is -2.26. The number of carbonyl (C=O) groups excluding carboxylic acids is 1. The third kappa shape index (κ3) is 5.42. The lowest BCUT2D eigenvalue weighted by Crippen LogP contribution is -2.40. The molecule has 7 nitrogen and oxygen atoms in total. The summed E-state index contributed by atoms with van der Waals surface area (Å²) >= 11 is 0. The molecule has 0 unspecified atom stereocenters. The molecule has 33 heavy (non-hydrogen) atoms. The summed E-state index contributed by atoms with van der Waals surface area (Å²) in [6.07, 6.45) is -0.0734. The van der Waals surface area contributed by atoms with Crippen molar-refractivity contribution in [3.8, 4) is 22.6 Å². The molecule has 1 aliphatic heterocycles. The van der Waals surface area contributed by atoms with Gasteiger partial charge in [0.15, 0.2) is 0 Å². The van der Waals surface area contributed by atoms with E-state index in [4.69, 9.17) is 14.2 Å². The van der Waals surface area contributed by atoms with Crippen molar-refractivity contribution in [3.05, 3.63) is 78.4 Å². The highest BCUT2D eigenvalue weighted by molar-refractivity contribution is 7.89. The topological polar surface area (TPSA) is 82.1 Å². The number of carbonyl (C=O) groups is 1. The monoisotopic (exact) mass is 467 g/mol. The summed E-state index contributed by atoms with van der Waals surface area (Å²) in [4.78, 5) is 12.6. The largest absolute Gasteiger partial charge is 0.495 e. The molecule has 1 saturated heterocycles. The zero-order valence-corrected chi connectivity index (χ0v) is 19.1. The first kappa shape index (κ1) is 23.0. The van der Waals surface area contributed by atoms with Crippen LogP contribution in [0.1, 0.15) is 5.56 Å². The van der Waals surface area contributed by atoms with Gasteiger partial charge in [-0.1, -0.05) is 48.5 Å². The van der Waals surface area contributed by atoms with Crippen molar-refractivity contribution < 1.29 is 27.4 Å². The highest BCUT2D eigenvalue weighted by Gasteiger charge is 2.29. The number of sulfonamides is 1. The molecule has 0 saturated carbocycles. The van der Waals surface area contributed by atoms with Crippen LogP contribution in [-0.4, -0.2) is 52.1 Å². The molecule has 172 valence electrons. The van der Waals surface area contributed by atoms with E-state index in [1.54, 1.807) is 24.3 Å². The number of ether oxygens (including phenoxy) is 3. The van der Waals surface area contributed by atoms with E-state index in [9.17, 15) is 13.2 Å². The minimum atomic E-state index is -3.78. The molecule has 0 atom stereocenters. The van der Waals surface area contributed by atoms with Crippen LogP contribution < -0.4 is 9.47 Å². The van der Waals surface area contributed by atoms with Gasteiger partial charge in [-0.15, -0.1) is 0 Å². The molecule has 0 radical (unpaired) electrons. The van der Waals surface area contributed by atoms with E-state index in [2.05, 4.69) is 0 Å². The highest BCUT2D eigenvalue weighted by Crippen LogP contribution is 2.29. The maximum atomic E-state index is 13.1. The van der Waals surface area contributed by atoms with Crippen LogP contribution in [-0.2, 0) is 26.0 Å². The minimum absolute atomic E-state index is 0.0319. The normalized spacial score (nSPS) is 14.6. The fraction of sp³-hybridized carbons (Fsp3) is 0.240. The van der Waals surface area contributed by atoms with Crippen LogP contribution in [0.2, 0.25) is 0 Å². The molecule has 1 heterocycles. The van der Waals surface area contributed by atoms with Gasteiger partial charge in [0.1, 0.15) is 16.4 Å². The number of hydrogen-bond acceptors (Lipinski definition) is 6. The van der Waals surface area contributed by atoms with Gasteiger partial charge in [-0.2, -0.15) is 4.31 Å².